The molecule has 2 aromatic carbocycles. The highest BCUT2D eigenvalue weighted by Gasteiger charge is 2.62. The van der Waals surface area contributed by atoms with Gasteiger partial charge in [0.2, 0.25) is 27.7 Å². The number of halogens is 4. The quantitative estimate of drug-likeness (QED) is 0.133. The fourth-order valence-corrected chi connectivity index (χ4v) is 10.5. The van der Waals surface area contributed by atoms with Crippen molar-refractivity contribution in [2.24, 2.45) is 17.8 Å². The molecule has 0 unspecified atom stereocenters. The second-order valence-corrected chi connectivity index (χ2v) is 20.3. The summed E-state index contributed by atoms with van der Waals surface area (Å²) in [7, 11) is -2.60. The van der Waals surface area contributed by atoms with E-state index in [2.05, 4.69) is 10.0 Å². The van der Waals surface area contributed by atoms with Crippen molar-refractivity contribution in [2.75, 3.05) is 13.7 Å². The Labute approximate surface area is 380 Å². The molecule has 20 heteroatoms. The van der Waals surface area contributed by atoms with E-state index in [0.29, 0.717) is 54.7 Å². The minimum absolute atomic E-state index is 0.0150. The molecule has 358 valence electrons. The van der Waals surface area contributed by atoms with E-state index in [1.165, 1.54) is 26.2 Å². The number of amides is 4. The van der Waals surface area contributed by atoms with Crippen LogP contribution in [0.25, 0.3) is 22.0 Å². The molecule has 1 saturated heterocycles. The van der Waals surface area contributed by atoms with Crippen LogP contribution in [0.4, 0.5) is 22.4 Å². The zero-order chi connectivity index (χ0) is 48.0. The smallest absolute Gasteiger partial charge is 0.408 e. The fourth-order valence-electron chi connectivity index (χ4n) is 9.09. The van der Waals surface area contributed by atoms with Crippen molar-refractivity contribution >= 4 is 44.6 Å². The third-order valence-corrected chi connectivity index (χ3v) is 14.7. The number of ether oxygens (including phenoxy) is 3. The Balaban J connectivity index is 1.31. The number of fused-ring (bicyclic) bond motifs is 3. The van der Waals surface area contributed by atoms with Crippen molar-refractivity contribution in [1.82, 2.24) is 24.8 Å². The highest BCUT2D eigenvalue weighted by Crippen LogP contribution is 2.46. The lowest BCUT2D eigenvalue weighted by molar-refractivity contribution is -0.184. The molecule has 1 aromatic heterocycles. The van der Waals surface area contributed by atoms with Crippen molar-refractivity contribution in [3.63, 3.8) is 0 Å². The van der Waals surface area contributed by atoms with Gasteiger partial charge in [0.15, 0.2) is 11.6 Å². The first kappa shape index (κ1) is 48.3. The highest BCUT2D eigenvalue weighted by molar-refractivity contribution is 7.91. The maximum atomic E-state index is 15.3. The number of alkyl halides is 3. The van der Waals surface area contributed by atoms with Crippen LogP contribution in [0.3, 0.4) is 0 Å². The Bertz CT molecular complexity index is 2520. The first-order valence-electron chi connectivity index (χ1n) is 22.1. The third kappa shape index (κ3) is 10.2. The molecule has 0 bridgehead atoms. The van der Waals surface area contributed by atoms with Crippen LogP contribution < -0.4 is 24.2 Å². The molecule has 2 aliphatic carbocycles. The minimum Gasteiger partial charge on any atom is -0.497 e. The summed E-state index contributed by atoms with van der Waals surface area (Å²) in [4.78, 5) is 62.5. The molecule has 3 N–H and O–H groups in total. The standard InChI is InChI=1S/C46H55F4N5O10S/c1-24(2)64-38-16-11-28(19-35(38)47)36-20-29-18-31(63-6)12-15-34(29)41(51-36)65-32-21-37-40(56)52-45(43(58)53-66(61,62)33-13-14-33)22-30(45)10-8-7-9-25(3)17-26(4)39(42(57)54(37)23-32)55(44(59)60)27(5)46(48,49)50/h8,10-12,15-16,18-20,24-27,30,32-33,37,39H,7,9,13-14,17,21-23H2,1-6H3,(H,52,56)(H,53,58)(H,59,60)/b10-8-/t25-,26-,27-,30-,32-,37+,39+,45-/m1/s1. The van der Waals surface area contributed by atoms with Gasteiger partial charge in [0.1, 0.15) is 35.5 Å². The van der Waals surface area contributed by atoms with Gasteiger partial charge in [-0.1, -0.05) is 26.0 Å². The Morgan fingerprint density at radius 1 is 1.05 bits per heavy atom. The Kier molecular flexibility index (Phi) is 13.6. The van der Waals surface area contributed by atoms with E-state index in [1.54, 1.807) is 56.3 Å². The van der Waals surface area contributed by atoms with Gasteiger partial charge in [-0.3, -0.25) is 24.0 Å². The summed E-state index contributed by atoms with van der Waals surface area (Å²) in [6, 6.07) is 4.87. The molecule has 3 aromatic rings. The lowest BCUT2D eigenvalue weighted by Crippen LogP contribution is -2.62. The Morgan fingerprint density at radius 2 is 1.77 bits per heavy atom. The molecular weight excluding hydrogens is 891 g/mol. The van der Waals surface area contributed by atoms with Crippen LogP contribution in [-0.2, 0) is 24.4 Å². The number of pyridine rings is 1. The van der Waals surface area contributed by atoms with Gasteiger partial charge in [0.25, 0.3) is 5.91 Å². The van der Waals surface area contributed by atoms with Crippen molar-refractivity contribution in [3.05, 3.63) is 60.4 Å². The number of benzene rings is 2. The van der Waals surface area contributed by atoms with Crippen molar-refractivity contribution in [2.45, 2.75) is 127 Å². The number of nitrogens with zero attached hydrogens (tertiary/aromatic N) is 3. The van der Waals surface area contributed by atoms with Gasteiger partial charge in [-0.25, -0.2) is 22.6 Å². The van der Waals surface area contributed by atoms with Crippen molar-refractivity contribution in [3.8, 4) is 28.6 Å². The maximum absolute atomic E-state index is 15.3. The van der Waals surface area contributed by atoms with E-state index >= 15 is 9.18 Å². The SMILES string of the molecule is COc1ccc2c(O[C@@H]3C[C@H]4C(=O)N[C@]5(C(=O)NS(=O)(=O)C6CC6)C[C@H]5/C=C\CC[C@@H](C)C[C@@H](C)[C@H](N(C(=O)O)[C@H](C)C(F)(F)F)C(=O)N4C3)nc(-c3ccc(OC(C)C)c(F)c3)cc2c1. The predicted octanol–water partition coefficient (Wildman–Crippen LogP) is 6.98. The number of rotatable bonds is 11. The molecule has 0 radical (unpaired) electrons. The molecule has 0 spiro atoms. The summed E-state index contributed by atoms with van der Waals surface area (Å²) in [6.45, 7) is 7.05. The number of allylic oxidation sites excluding steroid dienone is 1. The molecule has 3 heterocycles. The Hall–Kier alpha value is -5.66. The van der Waals surface area contributed by atoms with Crippen LogP contribution >= 0.6 is 0 Å². The molecule has 7 rings (SSSR count). The minimum atomic E-state index is -5.08. The number of carboxylic acid groups (broad SMARTS) is 1. The number of aromatic nitrogens is 1. The average molecular weight is 946 g/mol. The molecule has 4 aliphatic rings. The predicted molar refractivity (Wildman–Crippen MR) is 234 cm³/mol. The number of hydrogen-bond acceptors (Lipinski definition) is 10. The second-order valence-electron chi connectivity index (χ2n) is 18.3. The lowest BCUT2D eigenvalue weighted by atomic mass is 9.86. The van der Waals surface area contributed by atoms with E-state index in [4.69, 9.17) is 19.2 Å². The van der Waals surface area contributed by atoms with Crippen LogP contribution in [0.15, 0.2) is 54.6 Å². The maximum Gasteiger partial charge on any atom is 0.408 e. The summed E-state index contributed by atoms with van der Waals surface area (Å²) < 4.78 is 104. The zero-order valence-corrected chi connectivity index (χ0v) is 38.2. The average Bonchev–Trinajstić information content (AvgIpc) is 4.17. The highest BCUT2D eigenvalue weighted by atomic mass is 32.2. The van der Waals surface area contributed by atoms with Gasteiger partial charge < -0.3 is 29.5 Å². The number of hydrogen-bond donors (Lipinski definition) is 3. The second kappa shape index (κ2) is 18.6. The largest absolute Gasteiger partial charge is 0.497 e. The number of nitrogens with one attached hydrogen (secondary N) is 2. The summed E-state index contributed by atoms with van der Waals surface area (Å²) in [6.07, 6.45) is -3.50. The molecule has 66 heavy (non-hydrogen) atoms. The molecule has 2 saturated carbocycles. The normalized spacial score (nSPS) is 27.1. The molecule has 2 aliphatic heterocycles. The number of methoxy groups -OCH3 is 1. The van der Waals surface area contributed by atoms with Crippen LogP contribution in [0.1, 0.15) is 79.6 Å². The van der Waals surface area contributed by atoms with Gasteiger partial charge in [-0.15, -0.1) is 0 Å². The van der Waals surface area contributed by atoms with Gasteiger partial charge >= 0.3 is 12.3 Å². The van der Waals surface area contributed by atoms with Crippen molar-refractivity contribution < 1.29 is 64.5 Å². The van der Waals surface area contributed by atoms with E-state index < -0.39 is 99.2 Å². The number of carbonyl (C=O) groups is 4. The monoisotopic (exact) mass is 945 g/mol. The summed E-state index contributed by atoms with van der Waals surface area (Å²) in [5.41, 5.74) is -1.16. The van der Waals surface area contributed by atoms with Gasteiger partial charge in [0, 0.05) is 23.3 Å². The van der Waals surface area contributed by atoms with E-state index in [0.717, 1.165) is 4.90 Å². The Morgan fingerprint density at radius 3 is 2.41 bits per heavy atom. The van der Waals surface area contributed by atoms with Gasteiger partial charge in [0.05, 0.1) is 30.7 Å². The molecule has 4 amide bonds. The summed E-state index contributed by atoms with van der Waals surface area (Å²) in [5.74, 6) is -5.02. The van der Waals surface area contributed by atoms with Crippen LogP contribution in [-0.4, -0.2) is 113 Å². The number of carbonyl (C=O) groups excluding carboxylic acids is 3. The van der Waals surface area contributed by atoms with Crippen LogP contribution in [0.5, 0.6) is 17.4 Å². The third-order valence-electron chi connectivity index (χ3n) is 12.9. The van der Waals surface area contributed by atoms with E-state index in [9.17, 15) is 41.1 Å². The van der Waals surface area contributed by atoms with Crippen LogP contribution in [0, 0.1) is 23.6 Å². The summed E-state index contributed by atoms with van der Waals surface area (Å²) in [5, 5.41) is 13.4. The zero-order valence-electron chi connectivity index (χ0n) is 37.4. The van der Waals surface area contributed by atoms with Gasteiger partial charge in [-0.2, -0.15) is 13.2 Å². The fraction of sp³-hybridized carbons (Fsp3) is 0.543. The first-order chi connectivity index (χ1) is 31.0. The molecule has 3 fully saturated rings. The number of sulfonamides is 1. The van der Waals surface area contributed by atoms with Crippen LogP contribution in [0.2, 0.25) is 0 Å². The molecule has 8 atom stereocenters. The first-order valence-corrected chi connectivity index (χ1v) is 23.6. The molecule has 15 nitrogen and oxygen atoms in total. The van der Waals surface area contributed by atoms with Crippen molar-refractivity contribution in [1.29, 1.82) is 0 Å². The van der Waals surface area contributed by atoms with Gasteiger partial charge in [-0.05, 0) is 119 Å². The lowest BCUT2D eigenvalue weighted by Gasteiger charge is -2.40. The van der Waals surface area contributed by atoms with E-state index in [1.807, 2.05) is 6.92 Å². The molecular formula is C46H55F4N5O10S. The van der Waals surface area contributed by atoms with E-state index in [-0.39, 0.29) is 53.5 Å². The summed E-state index contributed by atoms with van der Waals surface area (Å²) >= 11 is 0. The topological polar surface area (TPSA) is 194 Å².